The first-order chi connectivity index (χ1) is 11.2. The van der Waals surface area contributed by atoms with Crippen molar-refractivity contribution in [3.05, 3.63) is 23.5 Å². The lowest BCUT2D eigenvalue weighted by atomic mass is 10.0. The number of aryl methyl sites for hydroxylation is 1. The molecule has 4 rings (SSSR count). The van der Waals surface area contributed by atoms with Crippen LogP contribution in [0.5, 0.6) is 0 Å². The molecule has 2 N–H and O–H groups in total. The number of amides is 1. The standard InChI is InChI=1S/C17H23N5O.2ClH/c1-11-15-8-13(10-19-16(15)21-20-11)17(23)22-6-4-14(5-7-22)18-9-12-2-3-12;;/h8,10,12,14,18H,2-7,9H2,1H3,(H,19,20,21);2*1H. The second kappa shape index (κ2) is 8.34. The Bertz CT molecular complexity index is 723. The van der Waals surface area contributed by atoms with Crippen LogP contribution < -0.4 is 5.32 Å². The number of H-pyrrole nitrogens is 1. The number of nitrogens with zero attached hydrogens (tertiary/aromatic N) is 3. The number of pyridine rings is 1. The van der Waals surface area contributed by atoms with Gasteiger partial charge in [-0.1, -0.05) is 0 Å². The summed E-state index contributed by atoms with van der Waals surface area (Å²) in [6.07, 6.45) is 6.49. The van der Waals surface area contributed by atoms with Crippen LogP contribution in [-0.2, 0) is 0 Å². The van der Waals surface area contributed by atoms with Crippen molar-refractivity contribution in [2.24, 2.45) is 5.92 Å². The molecule has 2 aromatic heterocycles. The van der Waals surface area contributed by atoms with Crippen molar-refractivity contribution in [2.75, 3.05) is 19.6 Å². The molecule has 0 spiro atoms. The van der Waals surface area contributed by atoms with E-state index < -0.39 is 0 Å². The molecule has 3 heterocycles. The monoisotopic (exact) mass is 385 g/mol. The normalized spacial score (nSPS) is 17.9. The number of carbonyl (C=O) groups is 1. The van der Waals surface area contributed by atoms with E-state index in [9.17, 15) is 4.79 Å². The molecule has 2 aromatic rings. The van der Waals surface area contributed by atoms with E-state index in [1.807, 2.05) is 17.9 Å². The molecule has 0 aromatic carbocycles. The molecule has 1 saturated carbocycles. The van der Waals surface area contributed by atoms with Gasteiger partial charge in [0, 0.05) is 36.4 Å². The lowest BCUT2D eigenvalue weighted by Gasteiger charge is -2.32. The van der Waals surface area contributed by atoms with Crippen LogP contribution in [-0.4, -0.2) is 51.7 Å². The summed E-state index contributed by atoms with van der Waals surface area (Å²) < 4.78 is 0. The van der Waals surface area contributed by atoms with Crippen LogP contribution >= 0.6 is 24.8 Å². The zero-order chi connectivity index (χ0) is 15.8. The number of hydrogen-bond acceptors (Lipinski definition) is 4. The second-order valence-electron chi connectivity index (χ2n) is 6.86. The number of hydrogen-bond donors (Lipinski definition) is 2. The molecule has 0 unspecified atom stereocenters. The van der Waals surface area contributed by atoms with Crippen LogP contribution in [0, 0.1) is 12.8 Å². The van der Waals surface area contributed by atoms with E-state index in [0.717, 1.165) is 49.5 Å². The first kappa shape index (κ1) is 19.9. The van der Waals surface area contributed by atoms with Crippen molar-refractivity contribution < 1.29 is 4.79 Å². The van der Waals surface area contributed by atoms with Gasteiger partial charge in [0.15, 0.2) is 5.65 Å². The summed E-state index contributed by atoms with van der Waals surface area (Å²) in [5.74, 6) is 0.992. The predicted octanol–water partition coefficient (Wildman–Crippen LogP) is 2.71. The van der Waals surface area contributed by atoms with E-state index >= 15 is 0 Å². The third-order valence-corrected chi connectivity index (χ3v) is 5.02. The van der Waals surface area contributed by atoms with Crippen molar-refractivity contribution in [3.63, 3.8) is 0 Å². The van der Waals surface area contributed by atoms with E-state index in [4.69, 9.17) is 0 Å². The quantitative estimate of drug-likeness (QED) is 0.848. The molecule has 0 atom stereocenters. The molecule has 1 saturated heterocycles. The Balaban J connectivity index is 0.00000113. The number of carbonyl (C=O) groups excluding carboxylic acids is 1. The van der Waals surface area contributed by atoms with Gasteiger partial charge in [-0.25, -0.2) is 4.98 Å². The molecule has 1 amide bonds. The van der Waals surface area contributed by atoms with Crippen molar-refractivity contribution >= 4 is 41.8 Å². The van der Waals surface area contributed by atoms with E-state index in [0.29, 0.717) is 17.3 Å². The zero-order valence-electron chi connectivity index (χ0n) is 14.3. The SMILES string of the molecule is Cc1[nH]nc2ncc(C(=O)N3CCC(NCC4CC4)CC3)cc12.Cl.Cl. The highest BCUT2D eigenvalue weighted by molar-refractivity contribution is 5.97. The zero-order valence-corrected chi connectivity index (χ0v) is 16.0. The summed E-state index contributed by atoms with van der Waals surface area (Å²) >= 11 is 0. The summed E-state index contributed by atoms with van der Waals surface area (Å²) in [5, 5.41) is 11.6. The Morgan fingerprint density at radius 3 is 2.68 bits per heavy atom. The van der Waals surface area contributed by atoms with Gasteiger partial charge in [-0.15, -0.1) is 24.8 Å². The first-order valence-corrected chi connectivity index (χ1v) is 8.54. The predicted molar refractivity (Wildman–Crippen MR) is 103 cm³/mol. The smallest absolute Gasteiger partial charge is 0.255 e. The summed E-state index contributed by atoms with van der Waals surface area (Å²) in [5.41, 5.74) is 2.28. The van der Waals surface area contributed by atoms with Gasteiger partial charge in [0.05, 0.1) is 5.56 Å². The van der Waals surface area contributed by atoms with Crippen LogP contribution in [0.15, 0.2) is 12.3 Å². The lowest BCUT2D eigenvalue weighted by Crippen LogP contribution is -2.45. The third kappa shape index (κ3) is 4.43. The van der Waals surface area contributed by atoms with Crippen LogP contribution in [0.2, 0.25) is 0 Å². The van der Waals surface area contributed by atoms with E-state index in [2.05, 4.69) is 20.5 Å². The third-order valence-electron chi connectivity index (χ3n) is 5.02. The molecular weight excluding hydrogens is 361 g/mol. The van der Waals surface area contributed by atoms with Crippen LogP contribution in [0.3, 0.4) is 0 Å². The van der Waals surface area contributed by atoms with Gasteiger partial charge in [-0.2, -0.15) is 5.10 Å². The van der Waals surface area contributed by atoms with Crippen molar-refractivity contribution in [3.8, 4) is 0 Å². The fraction of sp³-hybridized carbons (Fsp3) is 0.588. The largest absolute Gasteiger partial charge is 0.338 e. The first-order valence-electron chi connectivity index (χ1n) is 8.54. The van der Waals surface area contributed by atoms with Crippen molar-refractivity contribution in [1.29, 1.82) is 0 Å². The maximum Gasteiger partial charge on any atom is 0.255 e. The topological polar surface area (TPSA) is 73.9 Å². The summed E-state index contributed by atoms with van der Waals surface area (Å²) in [6, 6.07) is 2.47. The van der Waals surface area contributed by atoms with Crippen molar-refractivity contribution in [1.82, 2.24) is 25.4 Å². The maximum atomic E-state index is 12.7. The highest BCUT2D eigenvalue weighted by atomic mass is 35.5. The highest BCUT2D eigenvalue weighted by Crippen LogP contribution is 2.28. The molecule has 1 aliphatic carbocycles. The van der Waals surface area contributed by atoms with E-state index in [-0.39, 0.29) is 30.7 Å². The maximum absolute atomic E-state index is 12.7. The molecule has 0 bridgehead atoms. The molecule has 6 nitrogen and oxygen atoms in total. The number of aromatic amines is 1. The number of likely N-dealkylation sites (tertiary alicyclic amines) is 1. The minimum Gasteiger partial charge on any atom is -0.338 e. The Morgan fingerprint density at radius 2 is 2.00 bits per heavy atom. The highest BCUT2D eigenvalue weighted by Gasteiger charge is 2.26. The molecule has 2 aliphatic rings. The summed E-state index contributed by atoms with van der Waals surface area (Å²) in [7, 11) is 0. The lowest BCUT2D eigenvalue weighted by molar-refractivity contribution is 0.0705. The Labute approximate surface area is 160 Å². The Kier molecular flexibility index (Phi) is 6.65. The second-order valence-corrected chi connectivity index (χ2v) is 6.86. The minimum atomic E-state index is 0. The molecule has 25 heavy (non-hydrogen) atoms. The van der Waals surface area contributed by atoms with Gasteiger partial charge in [0.1, 0.15) is 0 Å². The number of piperidine rings is 1. The minimum absolute atomic E-state index is 0. The Morgan fingerprint density at radius 1 is 1.28 bits per heavy atom. The molecule has 138 valence electrons. The number of rotatable bonds is 4. The van der Waals surface area contributed by atoms with Crippen molar-refractivity contribution in [2.45, 2.75) is 38.6 Å². The van der Waals surface area contributed by atoms with Gasteiger partial charge in [-0.3, -0.25) is 9.89 Å². The fourth-order valence-corrected chi connectivity index (χ4v) is 3.26. The number of halogens is 2. The van der Waals surface area contributed by atoms with Crippen LogP contribution in [0.1, 0.15) is 41.7 Å². The van der Waals surface area contributed by atoms with Crippen LogP contribution in [0.4, 0.5) is 0 Å². The fourth-order valence-electron chi connectivity index (χ4n) is 3.26. The molecule has 0 radical (unpaired) electrons. The number of aromatic nitrogens is 3. The van der Waals surface area contributed by atoms with Crippen LogP contribution in [0.25, 0.3) is 11.0 Å². The van der Waals surface area contributed by atoms with Gasteiger partial charge < -0.3 is 10.2 Å². The molecule has 8 heteroatoms. The average Bonchev–Trinajstić information content (AvgIpc) is 3.35. The van der Waals surface area contributed by atoms with E-state index in [1.165, 1.54) is 12.8 Å². The number of nitrogens with one attached hydrogen (secondary N) is 2. The number of fused-ring (bicyclic) bond motifs is 1. The van der Waals surface area contributed by atoms with Gasteiger partial charge in [0.2, 0.25) is 0 Å². The molecular formula is C17H25Cl2N5O. The molecule has 1 aliphatic heterocycles. The van der Waals surface area contributed by atoms with Gasteiger partial charge in [-0.05, 0) is 51.1 Å². The Hall–Kier alpha value is -1.37. The van der Waals surface area contributed by atoms with E-state index in [1.54, 1.807) is 6.20 Å². The van der Waals surface area contributed by atoms with Gasteiger partial charge >= 0.3 is 0 Å². The summed E-state index contributed by atoms with van der Waals surface area (Å²) in [6.45, 7) is 4.74. The average molecular weight is 386 g/mol. The summed E-state index contributed by atoms with van der Waals surface area (Å²) in [4.78, 5) is 18.9. The van der Waals surface area contributed by atoms with Gasteiger partial charge in [0.25, 0.3) is 5.91 Å². The molecule has 2 fully saturated rings.